The predicted molar refractivity (Wildman–Crippen MR) is 44.2 cm³/mol. The van der Waals surface area contributed by atoms with Gasteiger partial charge in [-0.3, -0.25) is 4.98 Å². The summed E-state index contributed by atoms with van der Waals surface area (Å²) in [6.07, 6.45) is 0.150. The Balaban J connectivity index is 2.21. The highest BCUT2D eigenvalue weighted by atomic mass is 19.3. The van der Waals surface area contributed by atoms with Crippen molar-refractivity contribution >= 4 is 0 Å². The van der Waals surface area contributed by atoms with E-state index >= 15 is 0 Å². The third-order valence-corrected chi connectivity index (χ3v) is 2.39. The molecule has 1 aromatic heterocycles. The van der Waals surface area contributed by atoms with Gasteiger partial charge in [0, 0.05) is 12.8 Å². The Morgan fingerprint density at radius 1 is 1.29 bits per heavy atom. The van der Waals surface area contributed by atoms with Gasteiger partial charge in [-0.1, -0.05) is 0 Å². The fourth-order valence-electron chi connectivity index (χ4n) is 1.72. The van der Waals surface area contributed by atoms with Crippen LogP contribution in [-0.2, 0) is 5.54 Å². The van der Waals surface area contributed by atoms with E-state index in [1.807, 2.05) is 0 Å². The van der Waals surface area contributed by atoms with E-state index in [0.717, 1.165) is 6.20 Å². The van der Waals surface area contributed by atoms with E-state index in [-0.39, 0.29) is 0 Å². The molecule has 0 amide bonds. The number of nitrogens with two attached hydrogens (primary N) is 1. The van der Waals surface area contributed by atoms with Crippen LogP contribution in [0.15, 0.2) is 18.3 Å². The highest BCUT2D eigenvalue weighted by molar-refractivity contribution is 5.22. The second-order valence-electron chi connectivity index (χ2n) is 3.73. The highest BCUT2D eigenvalue weighted by Gasteiger charge is 2.55. The fraction of sp³-hybridized carbons (Fsp3) is 0.444. The third kappa shape index (κ3) is 1.48. The average molecular weight is 202 g/mol. The molecule has 5 heteroatoms. The first-order valence-electron chi connectivity index (χ1n) is 4.20. The zero-order valence-electron chi connectivity index (χ0n) is 7.30. The largest absolute Gasteiger partial charge is 0.320 e. The zero-order chi connectivity index (χ0) is 10.4. The minimum absolute atomic E-state index is 0.324. The van der Waals surface area contributed by atoms with E-state index in [2.05, 4.69) is 4.98 Å². The average Bonchev–Trinajstić information content (AvgIpc) is 2.01. The number of aromatic nitrogens is 1. The minimum Gasteiger partial charge on any atom is -0.320 e. The van der Waals surface area contributed by atoms with Crippen molar-refractivity contribution in [2.24, 2.45) is 5.73 Å². The van der Waals surface area contributed by atoms with Gasteiger partial charge in [0.15, 0.2) is 0 Å². The van der Waals surface area contributed by atoms with Crippen LogP contribution in [0.5, 0.6) is 0 Å². The molecule has 0 aromatic carbocycles. The van der Waals surface area contributed by atoms with Crippen molar-refractivity contribution in [3.05, 3.63) is 29.8 Å². The summed E-state index contributed by atoms with van der Waals surface area (Å²) in [6, 6.07) is 2.53. The lowest BCUT2D eigenvalue weighted by atomic mass is 9.72. The fourth-order valence-corrected chi connectivity index (χ4v) is 1.72. The van der Waals surface area contributed by atoms with Gasteiger partial charge in [-0.15, -0.1) is 0 Å². The quantitative estimate of drug-likeness (QED) is 0.754. The molecule has 1 saturated carbocycles. The number of nitrogens with zero attached hydrogens (tertiary/aromatic N) is 1. The summed E-state index contributed by atoms with van der Waals surface area (Å²) < 4.78 is 37.7. The normalized spacial score (nSPS) is 22.9. The van der Waals surface area contributed by atoms with Crippen LogP contribution >= 0.6 is 0 Å². The molecule has 0 unspecified atom stereocenters. The van der Waals surface area contributed by atoms with Crippen molar-refractivity contribution in [3.8, 4) is 0 Å². The van der Waals surface area contributed by atoms with E-state index in [1.54, 1.807) is 0 Å². The maximum absolute atomic E-state index is 12.6. The Morgan fingerprint density at radius 3 is 2.36 bits per heavy atom. The molecule has 2 nitrogen and oxygen atoms in total. The number of alkyl halides is 2. The summed E-state index contributed by atoms with van der Waals surface area (Å²) in [5, 5.41) is 0. The second kappa shape index (κ2) is 2.70. The minimum atomic E-state index is -2.70. The molecule has 14 heavy (non-hydrogen) atoms. The van der Waals surface area contributed by atoms with E-state index < -0.39 is 30.1 Å². The molecular weight excluding hydrogens is 193 g/mol. The van der Waals surface area contributed by atoms with E-state index in [0.29, 0.717) is 5.69 Å². The Morgan fingerprint density at radius 2 is 1.93 bits per heavy atom. The van der Waals surface area contributed by atoms with E-state index in [1.165, 1.54) is 12.1 Å². The van der Waals surface area contributed by atoms with Gasteiger partial charge in [-0.05, 0) is 12.1 Å². The van der Waals surface area contributed by atoms with Crippen molar-refractivity contribution in [2.45, 2.75) is 24.3 Å². The molecule has 1 fully saturated rings. The lowest BCUT2D eigenvalue weighted by molar-refractivity contribution is -0.126. The summed E-state index contributed by atoms with van der Waals surface area (Å²) in [5.74, 6) is -3.20. The van der Waals surface area contributed by atoms with Crippen LogP contribution in [0, 0.1) is 5.82 Å². The second-order valence-corrected chi connectivity index (χ2v) is 3.73. The molecule has 0 saturated heterocycles. The molecule has 0 spiro atoms. The van der Waals surface area contributed by atoms with Gasteiger partial charge in [0.05, 0.1) is 17.4 Å². The van der Waals surface area contributed by atoms with E-state index in [9.17, 15) is 13.2 Å². The lowest BCUT2D eigenvalue weighted by Crippen LogP contribution is -2.55. The topological polar surface area (TPSA) is 38.9 Å². The van der Waals surface area contributed by atoms with Gasteiger partial charge in [0.2, 0.25) is 0 Å². The zero-order valence-corrected chi connectivity index (χ0v) is 7.30. The van der Waals surface area contributed by atoms with E-state index in [4.69, 9.17) is 5.73 Å². The maximum Gasteiger partial charge on any atom is 0.252 e. The van der Waals surface area contributed by atoms with Crippen molar-refractivity contribution in [2.75, 3.05) is 0 Å². The van der Waals surface area contributed by atoms with Crippen LogP contribution in [0.4, 0.5) is 13.2 Å². The molecule has 0 atom stereocenters. The summed E-state index contributed by atoms with van der Waals surface area (Å²) in [4.78, 5) is 3.70. The van der Waals surface area contributed by atoms with Crippen LogP contribution in [0.3, 0.4) is 0 Å². The van der Waals surface area contributed by atoms with Gasteiger partial charge in [0.1, 0.15) is 5.82 Å². The molecule has 1 aromatic rings. The molecule has 1 aliphatic rings. The number of rotatable bonds is 1. The number of hydrogen-bond donors (Lipinski definition) is 1. The van der Waals surface area contributed by atoms with Crippen molar-refractivity contribution in [1.82, 2.24) is 4.98 Å². The van der Waals surface area contributed by atoms with Gasteiger partial charge >= 0.3 is 0 Å². The first-order valence-corrected chi connectivity index (χ1v) is 4.20. The highest BCUT2D eigenvalue weighted by Crippen LogP contribution is 2.49. The van der Waals surface area contributed by atoms with Crippen LogP contribution < -0.4 is 5.73 Å². The van der Waals surface area contributed by atoms with Crippen molar-refractivity contribution < 1.29 is 13.2 Å². The summed E-state index contributed by atoms with van der Waals surface area (Å²) in [6.45, 7) is 0. The molecular formula is C9H9F3N2. The molecule has 1 heterocycles. The molecule has 0 bridgehead atoms. The number of halogens is 3. The molecule has 1 aliphatic carbocycles. The third-order valence-electron chi connectivity index (χ3n) is 2.39. The Hall–Kier alpha value is -1.10. The van der Waals surface area contributed by atoms with Crippen LogP contribution in [-0.4, -0.2) is 10.9 Å². The van der Waals surface area contributed by atoms with Crippen LogP contribution in [0.1, 0.15) is 18.5 Å². The summed E-state index contributed by atoms with van der Waals surface area (Å²) >= 11 is 0. The molecule has 2 N–H and O–H groups in total. The monoisotopic (exact) mass is 202 g/mol. The van der Waals surface area contributed by atoms with Crippen LogP contribution in [0.2, 0.25) is 0 Å². The van der Waals surface area contributed by atoms with Gasteiger partial charge in [-0.2, -0.15) is 0 Å². The van der Waals surface area contributed by atoms with Gasteiger partial charge in [0.25, 0.3) is 5.92 Å². The summed E-state index contributed by atoms with van der Waals surface area (Å²) in [5.41, 5.74) is 4.92. The van der Waals surface area contributed by atoms with Crippen LogP contribution in [0.25, 0.3) is 0 Å². The number of pyridine rings is 1. The molecule has 0 radical (unpaired) electrons. The standard InChI is InChI=1S/C9H9F3N2/c10-6-1-2-7(14-3-6)8(13)4-9(11,12)5-8/h1-3H,4-5,13H2. The Kier molecular flexibility index (Phi) is 1.82. The SMILES string of the molecule is NC1(c2ccc(F)cn2)CC(F)(F)C1. The smallest absolute Gasteiger partial charge is 0.252 e. The van der Waals surface area contributed by atoms with Crippen molar-refractivity contribution in [3.63, 3.8) is 0 Å². The maximum atomic E-state index is 12.6. The molecule has 0 aliphatic heterocycles. The lowest BCUT2D eigenvalue weighted by Gasteiger charge is -2.43. The predicted octanol–water partition coefficient (Wildman–Crippen LogP) is 1.80. The van der Waals surface area contributed by atoms with Gasteiger partial charge in [-0.25, -0.2) is 13.2 Å². The Labute approximate surface area is 78.9 Å². The first kappa shape index (κ1) is 9.45. The molecule has 2 rings (SSSR count). The van der Waals surface area contributed by atoms with Crippen molar-refractivity contribution in [1.29, 1.82) is 0 Å². The first-order chi connectivity index (χ1) is 6.41. The van der Waals surface area contributed by atoms with Gasteiger partial charge < -0.3 is 5.73 Å². The number of hydrogen-bond acceptors (Lipinski definition) is 2. The summed E-state index contributed by atoms with van der Waals surface area (Å²) in [7, 11) is 0. The Bertz CT molecular complexity index is 340. The molecule has 76 valence electrons.